The molecule has 1 N–H and O–H groups in total. The summed E-state index contributed by atoms with van der Waals surface area (Å²) in [5.41, 5.74) is 0.654. The number of rotatable bonds is 6. The maximum Gasteiger partial charge on any atom is 0.253 e. The Morgan fingerprint density at radius 1 is 1.06 bits per heavy atom. The van der Waals surface area contributed by atoms with Gasteiger partial charge in [0.1, 0.15) is 5.82 Å². The summed E-state index contributed by atoms with van der Waals surface area (Å²) in [6.07, 6.45) is 8.78. The molecule has 2 aromatic heterocycles. The summed E-state index contributed by atoms with van der Waals surface area (Å²) in [4.78, 5) is 28.4. The van der Waals surface area contributed by atoms with Crippen LogP contribution in [0.3, 0.4) is 0 Å². The lowest BCUT2D eigenvalue weighted by Gasteiger charge is -2.40. The molecule has 0 bridgehead atoms. The molecule has 1 amide bonds. The Bertz CT molecular complexity index is 955. The number of hydrogen-bond donors (Lipinski definition) is 1. The standard InChI is InChI=1S/C24H35N7OS/c1-24(10-11-24)27-21(32)19-4-5-20(25-16-19)30-12-6-17(7-13-30)18-8-14-31(15-9-18)23-26-22(28-33-23)29(2)3/h4-5,16-18H,6-15H2,1-3H3,(H,27,32). The molecule has 3 fully saturated rings. The van der Waals surface area contributed by atoms with E-state index in [1.165, 1.54) is 37.2 Å². The molecule has 0 spiro atoms. The summed E-state index contributed by atoms with van der Waals surface area (Å²) in [6, 6.07) is 3.92. The number of aromatic nitrogens is 3. The van der Waals surface area contributed by atoms with Crippen molar-refractivity contribution in [2.24, 2.45) is 11.8 Å². The average Bonchev–Trinajstić information content (AvgIpc) is 3.34. The van der Waals surface area contributed by atoms with Crippen molar-refractivity contribution in [1.82, 2.24) is 19.7 Å². The summed E-state index contributed by atoms with van der Waals surface area (Å²) in [5, 5.41) is 4.16. The summed E-state index contributed by atoms with van der Waals surface area (Å²) in [7, 11) is 3.97. The van der Waals surface area contributed by atoms with Gasteiger partial charge >= 0.3 is 0 Å². The fourth-order valence-electron chi connectivity index (χ4n) is 5.05. The highest BCUT2D eigenvalue weighted by atomic mass is 32.1. The van der Waals surface area contributed by atoms with Crippen molar-refractivity contribution in [2.45, 2.75) is 51.0 Å². The average molecular weight is 470 g/mol. The van der Waals surface area contributed by atoms with Crippen LogP contribution in [0.1, 0.15) is 55.8 Å². The summed E-state index contributed by atoms with van der Waals surface area (Å²) < 4.78 is 4.45. The number of nitrogens with zero attached hydrogens (tertiary/aromatic N) is 6. The predicted molar refractivity (Wildman–Crippen MR) is 133 cm³/mol. The molecule has 0 unspecified atom stereocenters. The maximum atomic E-state index is 12.4. The molecule has 2 aromatic rings. The molecule has 178 valence electrons. The van der Waals surface area contributed by atoms with Gasteiger partial charge in [-0.25, -0.2) is 4.98 Å². The Morgan fingerprint density at radius 2 is 1.70 bits per heavy atom. The van der Waals surface area contributed by atoms with Gasteiger partial charge in [-0.2, -0.15) is 9.36 Å². The van der Waals surface area contributed by atoms with E-state index in [0.717, 1.165) is 67.8 Å². The van der Waals surface area contributed by atoms with Gasteiger partial charge in [0.25, 0.3) is 5.91 Å². The van der Waals surface area contributed by atoms with Crippen LogP contribution in [-0.2, 0) is 0 Å². The third-order valence-electron chi connectivity index (χ3n) is 7.57. The lowest BCUT2D eigenvalue weighted by atomic mass is 9.79. The van der Waals surface area contributed by atoms with Crippen LogP contribution in [-0.4, -0.2) is 66.1 Å². The first-order valence-electron chi connectivity index (χ1n) is 12.2. The van der Waals surface area contributed by atoms with Crippen molar-refractivity contribution in [3.8, 4) is 0 Å². The smallest absolute Gasteiger partial charge is 0.253 e. The van der Waals surface area contributed by atoms with E-state index in [4.69, 9.17) is 0 Å². The number of nitrogens with one attached hydrogen (secondary N) is 1. The van der Waals surface area contributed by atoms with Crippen LogP contribution in [0.4, 0.5) is 16.9 Å². The van der Waals surface area contributed by atoms with Crippen molar-refractivity contribution < 1.29 is 4.79 Å². The zero-order valence-corrected chi connectivity index (χ0v) is 20.8. The van der Waals surface area contributed by atoms with Gasteiger partial charge in [0.15, 0.2) is 0 Å². The van der Waals surface area contributed by atoms with E-state index in [2.05, 4.69) is 36.4 Å². The minimum absolute atomic E-state index is 0.000121. The fraction of sp³-hybridized carbons (Fsp3) is 0.667. The van der Waals surface area contributed by atoms with E-state index in [1.807, 2.05) is 31.1 Å². The Labute approximate surface area is 200 Å². The van der Waals surface area contributed by atoms with E-state index in [-0.39, 0.29) is 11.4 Å². The van der Waals surface area contributed by atoms with Gasteiger partial charge in [-0.3, -0.25) is 4.79 Å². The molecule has 0 radical (unpaired) electrons. The number of pyridine rings is 1. The van der Waals surface area contributed by atoms with Crippen LogP contribution in [0.5, 0.6) is 0 Å². The molecule has 1 aliphatic carbocycles. The molecule has 0 aromatic carbocycles. The van der Waals surface area contributed by atoms with Crippen molar-refractivity contribution in [3.05, 3.63) is 23.9 Å². The third-order valence-corrected chi connectivity index (χ3v) is 8.34. The van der Waals surface area contributed by atoms with E-state index in [9.17, 15) is 4.79 Å². The Kier molecular flexibility index (Phi) is 6.16. The first-order valence-corrected chi connectivity index (χ1v) is 13.0. The summed E-state index contributed by atoms with van der Waals surface area (Å²) in [5.74, 6) is 3.38. The largest absolute Gasteiger partial charge is 0.357 e. The number of piperidine rings is 2. The normalized spacial score (nSPS) is 21.2. The van der Waals surface area contributed by atoms with Crippen LogP contribution in [0.2, 0.25) is 0 Å². The molecule has 8 nitrogen and oxygen atoms in total. The first-order chi connectivity index (χ1) is 15.9. The van der Waals surface area contributed by atoms with E-state index < -0.39 is 0 Å². The van der Waals surface area contributed by atoms with Crippen LogP contribution in [0.15, 0.2) is 18.3 Å². The van der Waals surface area contributed by atoms with Crippen molar-refractivity contribution >= 4 is 34.3 Å². The van der Waals surface area contributed by atoms with Crippen LogP contribution in [0.25, 0.3) is 0 Å². The number of carbonyl (C=O) groups is 1. The fourth-order valence-corrected chi connectivity index (χ4v) is 5.83. The van der Waals surface area contributed by atoms with Gasteiger partial charge in [-0.1, -0.05) is 0 Å². The maximum absolute atomic E-state index is 12.4. The molecule has 33 heavy (non-hydrogen) atoms. The van der Waals surface area contributed by atoms with Gasteiger partial charge in [0, 0.05) is 63.5 Å². The third kappa shape index (κ3) is 5.08. The molecule has 2 saturated heterocycles. The zero-order chi connectivity index (χ0) is 23.0. The molecule has 0 atom stereocenters. The number of hydrogen-bond acceptors (Lipinski definition) is 8. The van der Waals surface area contributed by atoms with Gasteiger partial charge in [-0.05, 0) is 69.4 Å². The minimum atomic E-state index is -0.00873. The second-order valence-corrected chi connectivity index (χ2v) is 11.1. The van der Waals surface area contributed by atoms with Crippen LogP contribution >= 0.6 is 11.5 Å². The Hall–Kier alpha value is -2.42. The van der Waals surface area contributed by atoms with Crippen molar-refractivity contribution in [2.75, 3.05) is 55.0 Å². The van der Waals surface area contributed by atoms with E-state index in [1.54, 1.807) is 6.20 Å². The molecule has 4 heterocycles. The monoisotopic (exact) mass is 469 g/mol. The first kappa shape index (κ1) is 22.4. The molecular weight excluding hydrogens is 434 g/mol. The minimum Gasteiger partial charge on any atom is -0.357 e. The second-order valence-electron chi connectivity index (χ2n) is 10.3. The highest BCUT2D eigenvalue weighted by Gasteiger charge is 2.39. The molecule has 1 saturated carbocycles. The summed E-state index contributed by atoms with van der Waals surface area (Å²) in [6.45, 7) is 6.35. The van der Waals surface area contributed by atoms with Crippen LogP contribution in [0, 0.1) is 11.8 Å². The molecular formula is C24H35N7OS. The summed E-state index contributed by atoms with van der Waals surface area (Å²) >= 11 is 1.51. The number of anilines is 3. The number of carbonyl (C=O) groups excluding carboxylic acids is 1. The molecule has 9 heteroatoms. The van der Waals surface area contributed by atoms with Crippen molar-refractivity contribution in [3.63, 3.8) is 0 Å². The second kappa shape index (κ2) is 9.08. The predicted octanol–water partition coefficient (Wildman–Crippen LogP) is 3.41. The highest BCUT2D eigenvalue weighted by molar-refractivity contribution is 7.09. The topological polar surface area (TPSA) is 77.5 Å². The lowest BCUT2D eigenvalue weighted by Crippen LogP contribution is -2.41. The van der Waals surface area contributed by atoms with Crippen LogP contribution < -0.4 is 20.0 Å². The lowest BCUT2D eigenvalue weighted by molar-refractivity contribution is 0.0935. The number of amides is 1. The van der Waals surface area contributed by atoms with E-state index in [0.29, 0.717) is 5.56 Å². The molecule has 2 aliphatic heterocycles. The van der Waals surface area contributed by atoms with Gasteiger partial charge in [0.05, 0.1) is 5.56 Å². The Morgan fingerprint density at radius 3 is 2.21 bits per heavy atom. The molecule has 5 rings (SSSR count). The zero-order valence-electron chi connectivity index (χ0n) is 20.0. The Balaban J connectivity index is 1.09. The van der Waals surface area contributed by atoms with E-state index >= 15 is 0 Å². The molecule has 3 aliphatic rings. The highest BCUT2D eigenvalue weighted by Crippen LogP contribution is 2.36. The quantitative estimate of drug-likeness (QED) is 0.695. The van der Waals surface area contributed by atoms with Gasteiger partial charge < -0.3 is 20.0 Å². The van der Waals surface area contributed by atoms with Crippen molar-refractivity contribution in [1.29, 1.82) is 0 Å². The van der Waals surface area contributed by atoms with Gasteiger partial charge in [0.2, 0.25) is 11.1 Å². The van der Waals surface area contributed by atoms with Gasteiger partial charge in [-0.15, -0.1) is 0 Å². The SMILES string of the molecule is CN(C)c1nsc(N2CCC(C3CCN(c4ccc(C(=O)NC5(C)CC5)cn4)CC3)CC2)n1.